The van der Waals surface area contributed by atoms with E-state index in [0.29, 0.717) is 0 Å². The Morgan fingerprint density at radius 3 is 2.09 bits per heavy atom. The zero-order valence-corrected chi connectivity index (χ0v) is 18.9. The molecule has 2 unspecified atom stereocenters. The number of nitrogens with zero attached hydrogens (tertiary/aromatic N) is 1. The van der Waals surface area contributed by atoms with Crippen LogP contribution in [0, 0.1) is 0 Å². The van der Waals surface area contributed by atoms with E-state index in [1.807, 2.05) is 48.5 Å². The number of ether oxygens (including phenoxy) is 1. The Kier molecular flexibility index (Phi) is 7.35. The molecule has 9 heteroatoms. The van der Waals surface area contributed by atoms with Crippen LogP contribution in [0.15, 0.2) is 48.5 Å². The highest BCUT2D eigenvalue weighted by atomic mass is 16.5. The number of benzene rings is 2. The number of carbonyl (C=O) groups is 3. The lowest BCUT2D eigenvalue weighted by atomic mass is 9.98. The van der Waals surface area contributed by atoms with Gasteiger partial charge in [0.25, 0.3) is 0 Å². The molecular weight excluding hydrogens is 426 g/mol. The molecule has 2 amide bonds. The lowest BCUT2D eigenvalue weighted by Crippen LogP contribution is -2.61. The van der Waals surface area contributed by atoms with Gasteiger partial charge in [0.15, 0.2) is 5.54 Å². The fourth-order valence-electron chi connectivity index (χ4n) is 3.86. The fraction of sp³-hybridized carbons (Fsp3) is 0.375. The minimum atomic E-state index is -1.87. The Labute approximate surface area is 192 Å². The normalized spacial score (nSPS) is 15.2. The fourth-order valence-corrected chi connectivity index (χ4v) is 3.86. The first kappa shape index (κ1) is 24.2. The summed E-state index contributed by atoms with van der Waals surface area (Å²) in [6.07, 6.45) is -0.792. The zero-order chi connectivity index (χ0) is 24.2. The van der Waals surface area contributed by atoms with Gasteiger partial charge in [-0.3, -0.25) is 4.79 Å². The average Bonchev–Trinajstić information content (AvgIpc) is 3.10. The standard InChI is InChI=1S/C24H29N3O6/c1-24(14-28,22(30)31)26-21(29)20(12-27(2)3)25-23(32)33-13-19-17-10-6-4-8-15(17)16-9-5-7-11-18(16)19/h4-11,19-20,28H,12-14H2,1-3H3,(H,25,32)(H,26,29)(H,30,31). The van der Waals surface area contributed by atoms with Gasteiger partial charge < -0.3 is 30.5 Å². The molecule has 0 fully saturated rings. The number of carbonyl (C=O) groups excluding carboxylic acids is 2. The molecule has 4 N–H and O–H groups in total. The number of carboxylic acids is 1. The highest BCUT2D eigenvalue weighted by Crippen LogP contribution is 2.44. The number of aliphatic hydroxyl groups is 1. The van der Waals surface area contributed by atoms with E-state index in [4.69, 9.17) is 4.74 Å². The van der Waals surface area contributed by atoms with Gasteiger partial charge in [-0.1, -0.05) is 48.5 Å². The SMILES string of the molecule is CN(C)CC(NC(=O)OCC1c2ccccc2-c2ccccc21)C(=O)NC(C)(CO)C(=O)O. The summed E-state index contributed by atoms with van der Waals surface area (Å²) < 4.78 is 5.49. The summed E-state index contributed by atoms with van der Waals surface area (Å²) in [7, 11) is 3.42. The van der Waals surface area contributed by atoms with Gasteiger partial charge >= 0.3 is 12.1 Å². The van der Waals surface area contributed by atoms with Crippen molar-refractivity contribution in [2.45, 2.75) is 24.4 Å². The van der Waals surface area contributed by atoms with E-state index in [-0.39, 0.29) is 19.1 Å². The molecule has 0 aromatic heterocycles. The van der Waals surface area contributed by atoms with Crippen molar-refractivity contribution in [3.63, 3.8) is 0 Å². The number of hydrogen-bond acceptors (Lipinski definition) is 6. The molecule has 33 heavy (non-hydrogen) atoms. The predicted octanol–water partition coefficient (Wildman–Crippen LogP) is 1.41. The molecule has 2 aromatic rings. The van der Waals surface area contributed by atoms with Gasteiger partial charge in [-0.25, -0.2) is 9.59 Å². The van der Waals surface area contributed by atoms with Crippen molar-refractivity contribution in [2.24, 2.45) is 0 Å². The molecule has 1 aliphatic carbocycles. The van der Waals surface area contributed by atoms with E-state index in [1.165, 1.54) is 6.92 Å². The largest absolute Gasteiger partial charge is 0.479 e. The van der Waals surface area contributed by atoms with E-state index in [1.54, 1.807) is 19.0 Å². The molecular formula is C24H29N3O6. The summed E-state index contributed by atoms with van der Waals surface area (Å²) in [5.74, 6) is -2.26. The van der Waals surface area contributed by atoms with Crippen molar-refractivity contribution in [3.05, 3.63) is 59.7 Å². The number of fused-ring (bicyclic) bond motifs is 3. The number of amides is 2. The van der Waals surface area contributed by atoms with E-state index < -0.39 is 36.2 Å². The summed E-state index contributed by atoms with van der Waals surface area (Å²) >= 11 is 0. The number of alkyl carbamates (subject to hydrolysis) is 1. The van der Waals surface area contributed by atoms with Crippen LogP contribution in [0.25, 0.3) is 11.1 Å². The predicted molar refractivity (Wildman–Crippen MR) is 122 cm³/mol. The van der Waals surface area contributed by atoms with Crippen LogP contribution in [-0.2, 0) is 14.3 Å². The number of aliphatic hydroxyl groups excluding tert-OH is 1. The number of likely N-dealkylation sites (N-methyl/N-ethyl adjacent to an activating group) is 1. The van der Waals surface area contributed by atoms with Gasteiger partial charge in [-0.15, -0.1) is 0 Å². The quantitative estimate of drug-likeness (QED) is 0.450. The summed E-state index contributed by atoms with van der Waals surface area (Å²) in [6.45, 7) is 0.581. The molecule has 9 nitrogen and oxygen atoms in total. The summed E-state index contributed by atoms with van der Waals surface area (Å²) in [5.41, 5.74) is 2.46. The van der Waals surface area contributed by atoms with Crippen LogP contribution in [0.3, 0.4) is 0 Å². The molecule has 0 saturated carbocycles. The zero-order valence-electron chi connectivity index (χ0n) is 18.9. The van der Waals surface area contributed by atoms with Crippen molar-refractivity contribution in [1.82, 2.24) is 15.5 Å². The molecule has 0 bridgehead atoms. The summed E-state index contributed by atoms with van der Waals surface area (Å²) in [5, 5.41) is 23.5. The molecule has 2 atom stereocenters. The van der Waals surface area contributed by atoms with Crippen LogP contribution in [0.5, 0.6) is 0 Å². The van der Waals surface area contributed by atoms with E-state index in [9.17, 15) is 24.6 Å². The molecule has 0 radical (unpaired) electrons. The van der Waals surface area contributed by atoms with Gasteiger partial charge in [0.05, 0.1) is 6.61 Å². The Balaban J connectivity index is 1.69. The number of carboxylic acid groups (broad SMARTS) is 1. The molecule has 2 aromatic carbocycles. The number of nitrogens with one attached hydrogen (secondary N) is 2. The molecule has 0 saturated heterocycles. The first-order valence-electron chi connectivity index (χ1n) is 10.6. The Morgan fingerprint density at radius 2 is 1.61 bits per heavy atom. The Morgan fingerprint density at radius 1 is 1.06 bits per heavy atom. The molecule has 176 valence electrons. The van der Waals surface area contributed by atoms with Crippen LogP contribution in [0.2, 0.25) is 0 Å². The van der Waals surface area contributed by atoms with E-state index in [0.717, 1.165) is 22.3 Å². The van der Waals surface area contributed by atoms with Crippen LogP contribution in [0.4, 0.5) is 4.79 Å². The first-order valence-corrected chi connectivity index (χ1v) is 10.6. The van der Waals surface area contributed by atoms with Crippen molar-refractivity contribution < 1.29 is 29.3 Å². The van der Waals surface area contributed by atoms with E-state index >= 15 is 0 Å². The minimum absolute atomic E-state index is 0.0830. The molecule has 3 rings (SSSR count). The maximum Gasteiger partial charge on any atom is 0.407 e. The average molecular weight is 456 g/mol. The summed E-state index contributed by atoms with van der Waals surface area (Å²) in [6, 6.07) is 14.8. The first-order chi connectivity index (χ1) is 15.7. The van der Waals surface area contributed by atoms with Gasteiger partial charge in [0, 0.05) is 12.5 Å². The van der Waals surface area contributed by atoms with Crippen molar-refractivity contribution in [1.29, 1.82) is 0 Å². The smallest absolute Gasteiger partial charge is 0.407 e. The maximum absolute atomic E-state index is 12.7. The topological polar surface area (TPSA) is 128 Å². The number of aliphatic carboxylic acids is 1. The van der Waals surface area contributed by atoms with E-state index in [2.05, 4.69) is 10.6 Å². The number of hydrogen-bond donors (Lipinski definition) is 4. The highest BCUT2D eigenvalue weighted by Gasteiger charge is 2.37. The van der Waals surface area contributed by atoms with Gasteiger partial charge in [-0.2, -0.15) is 0 Å². The van der Waals surface area contributed by atoms with Crippen LogP contribution < -0.4 is 10.6 Å². The highest BCUT2D eigenvalue weighted by molar-refractivity contribution is 5.91. The van der Waals surface area contributed by atoms with Crippen LogP contribution in [-0.4, -0.2) is 78.5 Å². The second-order valence-electron chi connectivity index (χ2n) is 8.57. The maximum atomic E-state index is 12.7. The second kappa shape index (κ2) is 10.0. The molecule has 1 aliphatic rings. The lowest BCUT2D eigenvalue weighted by Gasteiger charge is -2.28. The molecule has 0 spiro atoms. The second-order valence-corrected chi connectivity index (χ2v) is 8.57. The number of rotatable bonds is 9. The molecule has 0 aliphatic heterocycles. The third-order valence-electron chi connectivity index (χ3n) is 5.69. The van der Waals surface area contributed by atoms with Crippen molar-refractivity contribution in [3.8, 4) is 11.1 Å². The third kappa shape index (κ3) is 5.32. The third-order valence-corrected chi connectivity index (χ3v) is 5.69. The van der Waals surface area contributed by atoms with Crippen LogP contribution in [0.1, 0.15) is 24.0 Å². The Bertz CT molecular complexity index is 995. The Hall–Kier alpha value is -3.43. The van der Waals surface area contributed by atoms with Crippen molar-refractivity contribution in [2.75, 3.05) is 33.9 Å². The summed E-state index contributed by atoms with van der Waals surface area (Å²) in [4.78, 5) is 38.4. The lowest BCUT2D eigenvalue weighted by molar-refractivity contribution is -0.149. The van der Waals surface area contributed by atoms with Crippen LogP contribution >= 0.6 is 0 Å². The van der Waals surface area contributed by atoms with Gasteiger partial charge in [0.2, 0.25) is 5.91 Å². The van der Waals surface area contributed by atoms with Gasteiger partial charge in [-0.05, 0) is 43.3 Å². The monoisotopic (exact) mass is 455 g/mol. The molecule has 0 heterocycles. The van der Waals surface area contributed by atoms with Gasteiger partial charge in [0.1, 0.15) is 12.6 Å². The minimum Gasteiger partial charge on any atom is -0.479 e. The van der Waals surface area contributed by atoms with Crippen molar-refractivity contribution >= 4 is 18.0 Å².